The van der Waals surface area contributed by atoms with E-state index >= 15 is 0 Å². The van der Waals surface area contributed by atoms with E-state index < -0.39 is 10.2 Å². The lowest BCUT2D eigenvalue weighted by Crippen LogP contribution is -2.34. The van der Waals surface area contributed by atoms with Crippen molar-refractivity contribution in [3.05, 3.63) is 22.8 Å². The Hall–Kier alpha value is -0.540. The van der Waals surface area contributed by atoms with Gasteiger partial charge >= 0.3 is 10.2 Å². The Morgan fingerprint density at radius 1 is 1.50 bits per heavy atom. The molecule has 0 bridgehead atoms. The highest BCUT2D eigenvalue weighted by molar-refractivity contribution is 8.01. The van der Waals surface area contributed by atoms with E-state index in [9.17, 15) is 8.42 Å². The first kappa shape index (κ1) is 10.6. The molecule has 0 spiro atoms. The van der Waals surface area contributed by atoms with E-state index in [1.54, 1.807) is 23.1 Å². The van der Waals surface area contributed by atoms with Gasteiger partial charge in [0.05, 0.1) is 16.5 Å². The van der Waals surface area contributed by atoms with E-state index in [-0.39, 0.29) is 6.54 Å². The number of nitrogens with zero attached hydrogens (tertiary/aromatic N) is 1. The van der Waals surface area contributed by atoms with Gasteiger partial charge in [-0.1, -0.05) is 0 Å². The van der Waals surface area contributed by atoms with E-state index in [0.717, 1.165) is 15.6 Å². The number of thioether (sulfide) groups is 1. The monoisotopic (exact) mass is 276 g/mol. The molecule has 0 saturated carbocycles. The Morgan fingerprint density at radius 3 is 3.06 bits per heavy atom. The Labute approximate surface area is 101 Å². The van der Waals surface area contributed by atoms with Crippen molar-refractivity contribution >= 4 is 38.9 Å². The lowest BCUT2D eigenvalue weighted by molar-refractivity contribution is -0.00233. The quantitative estimate of drug-likeness (QED) is 0.831. The van der Waals surface area contributed by atoms with Gasteiger partial charge in [0.25, 0.3) is 0 Å². The number of rotatable bonds is 1. The van der Waals surface area contributed by atoms with E-state index in [1.165, 1.54) is 4.21 Å². The summed E-state index contributed by atoms with van der Waals surface area (Å²) in [5, 5.41) is 7.03. The smallest absolute Gasteiger partial charge is 0.308 e. The van der Waals surface area contributed by atoms with Crippen LogP contribution in [-0.4, -0.2) is 25.2 Å². The van der Waals surface area contributed by atoms with Crippen molar-refractivity contribution in [3.8, 4) is 0 Å². The summed E-state index contributed by atoms with van der Waals surface area (Å²) < 4.78 is 24.4. The van der Waals surface area contributed by atoms with Crippen LogP contribution < -0.4 is 5.14 Å². The minimum Gasteiger partial charge on any atom is -0.393 e. The highest BCUT2D eigenvalue weighted by Crippen LogP contribution is 2.44. The second kappa shape index (κ2) is 3.47. The summed E-state index contributed by atoms with van der Waals surface area (Å²) in [7, 11) is -3.78. The molecule has 5 nitrogen and oxygen atoms in total. The molecule has 2 aliphatic rings. The summed E-state index contributed by atoms with van der Waals surface area (Å²) in [6, 6.07) is 1.98. The van der Waals surface area contributed by atoms with Crippen molar-refractivity contribution in [2.75, 3.05) is 12.3 Å². The molecule has 0 saturated heterocycles. The third-order valence-corrected chi connectivity index (χ3v) is 5.42. The molecule has 0 aliphatic carbocycles. The fraction of sp³-hybridized carbons (Fsp3) is 0.250. The summed E-state index contributed by atoms with van der Waals surface area (Å²) in [4.78, 5) is 5.24. The van der Waals surface area contributed by atoms with Crippen LogP contribution in [0.15, 0.2) is 21.4 Å². The summed E-state index contributed by atoms with van der Waals surface area (Å²) in [5.41, 5.74) is 2.01. The molecule has 3 heterocycles. The molecule has 0 amide bonds. The van der Waals surface area contributed by atoms with Crippen molar-refractivity contribution in [1.29, 1.82) is 0 Å². The Kier molecular flexibility index (Phi) is 2.30. The van der Waals surface area contributed by atoms with Gasteiger partial charge in [0.2, 0.25) is 0 Å². The third kappa shape index (κ3) is 1.57. The molecular formula is C8H8N2O3S3. The average molecular weight is 276 g/mol. The maximum Gasteiger partial charge on any atom is 0.308 e. The first-order valence-corrected chi connectivity index (χ1v) is 7.83. The molecule has 8 heteroatoms. The van der Waals surface area contributed by atoms with Crippen LogP contribution in [0, 0.1) is 0 Å². The van der Waals surface area contributed by atoms with E-state index in [0.29, 0.717) is 11.5 Å². The maximum absolute atomic E-state index is 11.2. The summed E-state index contributed by atoms with van der Waals surface area (Å²) >= 11 is 3.31. The van der Waals surface area contributed by atoms with Gasteiger partial charge in [-0.3, -0.25) is 0 Å². The molecule has 3 rings (SSSR count). The minimum absolute atomic E-state index is 0.207. The van der Waals surface area contributed by atoms with Crippen molar-refractivity contribution in [1.82, 2.24) is 4.47 Å². The fourth-order valence-electron chi connectivity index (χ4n) is 1.68. The van der Waals surface area contributed by atoms with E-state index in [4.69, 9.17) is 9.98 Å². The van der Waals surface area contributed by atoms with Crippen molar-refractivity contribution < 1.29 is 13.3 Å². The molecule has 1 aromatic rings. The zero-order valence-electron chi connectivity index (χ0n) is 8.04. The zero-order valence-corrected chi connectivity index (χ0v) is 10.5. The van der Waals surface area contributed by atoms with Crippen LogP contribution in [0.5, 0.6) is 0 Å². The molecule has 86 valence electrons. The molecule has 1 aromatic heterocycles. The summed E-state index contributed by atoms with van der Waals surface area (Å²) in [6.07, 6.45) is 0. The molecule has 2 aliphatic heterocycles. The van der Waals surface area contributed by atoms with Gasteiger partial charge in [-0.15, -0.1) is 23.1 Å². The fourth-order valence-corrected chi connectivity index (χ4v) is 4.28. The molecule has 0 radical (unpaired) electrons. The largest absolute Gasteiger partial charge is 0.393 e. The first-order valence-electron chi connectivity index (χ1n) is 4.47. The average Bonchev–Trinajstić information content (AvgIpc) is 2.81. The Balaban J connectivity index is 1.99. The highest BCUT2D eigenvalue weighted by Gasteiger charge is 2.35. The lowest BCUT2D eigenvalue weighted by atomic mass is 10.1. The van der Waals surface area contributed by atoms with E-state index in [1.807, 2.05) is 11.4 Å². The van der Waals surface area contributed by atoms with Crippen LogP contribution in [0.1, 0.15) is 5.56 Å². The maximum atomic E-state index is 11.2. The predicted molar refractivity (Wildman–Crippen MR) is 62.9 cm³/mol. The van der Waals surface area contributed by atoms with Crippen molar-refractivity contribution in [2.45, 2.75) is 4.21 Å². The highest BCUT2D eigenvalue weighted by atomic mass is 32.2. The second-order valence-electron chi connectivity index (χ2n) is 3.41. The van der Waals surface area contributed by atoms with Crippen LogP contribution >= 0.6 is 23.1 Å². The second-order valence-corrected chi connectivity index (χ2v) is 7.01. The number of hydrogen-bond acceptors (Lipinski definition) is 5. The Bertz CT molecular complexity index is 575. The zero-order chi connectivity index (χ0) is 11.3. The SMILES string of the molecule is NS(=O)(=O)N1CC2=C(CSc3sccc32)O1. The van der Waals surface area contributed by atoms with Crippen molar-refractivity contribution in [2.24, 2.45) is 5.14 Å². The topological polar surface area (TPSA) is 72.6 Å². The normalized spacial score (nSPS) is 20.6. The van der Waals surface area contributed by atoms with Crippen LogP contribution in [0.3, 0.4) is 0 Å². The summed E-state index contributed by atoms with van der Waals surface area (Å²) in [5.74, 6) is 1.36. The molecule has 0 aromatic carbocycles. The minimum atomic E-state index is -3.78. The molecule has 2 N–H and O–H groups in total. The van der Waals surface area contributed by atoms with Gasteiger partial charge in [-0.2, -0.15) is 8.42 Å². The third-order valence-electron chi connectivity index (χ3n) is 2.41. The van der Waals surface area contributed by atoms with Crippen LogP contribution in [-0.2, 0) is 15.0 Å². The predicted octanol–water partition coefficient (Wildman–Crippen LogP) is 1.02. The van der Waals surface area contributed by atoms with Gasteiger partial charge < -0.3 is 4.84 Å². The standard InChI is InChI=1S/C8H8N2O3S3/c9-16(11,12)10-3-6-5-1-2-14-8(5)15-4-7(6)13-10/h1-2H,3-4H2,(H2,9,11,12). The number of nitrogens with two attached hydrogens (primary N) is 1. The molecule has 16 heavy (non-hydrogen) atoms. The summed E-state index contributed by atoms with van der Waals surface area (Å²) in [6.45, 7) is 0.207. The molecule has 0 atom stereocenters. The van der Waals surface area contributed by atoms with Gasteiger partial charge in [-0.05, 0) is 15.9 Å². The first-order chi connectivity index (χ1) is 7.55. The lowest BCUT2D eigenvalue weighted by Gasteiger charge is -2.12. The molecular weight excluding hydrogens is 268 g/mol. The molecule has 0 fully saturated rings. The Morgan fingerprint density at radius 2 is 2.31 bits per heavy atom. The number of hydroxylamine groups is 1. The van der Waals surface area contributed by atoms with E-state index in [2.05, 4.69) is 0 Å². The van der Waals surface area contributed by atoms with Crippen molar-refractivity contribution in [3.63, 3.8) is 0 Å². The van der Waals surface area contributed by atoms with Gasteiger partial charge in [0, 0.05) is 11.1 Å². The van der Waals surface area contributed by atoms with Crippen LogP contribution in [0.2, 0.25) is 0 Å². The van der Waals surface area contributed by atoms with Gasteiger partial charge in [0.15, 0.2) is 0 Å². The number of fused-ring (bicyclic) bond motifs is 2. The van der Waals surface area contributed by atoms with Gasteiger partial charge in [-0.25, -0.2) is 5.14 Å². The van der Waals surface area contributed by atoms with Crippen LogP contribution in [0.4, 0.5) is 0 Å². The molecule has 0 unspecified atom stereocenters. The van der Waals surface area contributed by atoms with Gasteiger partial charge in [0.1, 0.15) is 5.76 Å². The van der Waals surface area contributed by atoms with Crippen LogP contribution in [0.25, 0.3) is 5.57 Å². The number of thiophene rings is 1. The number of hydrogen-bond donors (Lipinski definition) is 1.